The van der Waals surface area contributed by atoms with Gasteiger partial charge in [-0.3, -0.25) is 14.6 Å². The van der Waals surface area contributed by atoms with Gasteiger partial charge in [0.1, 0.15) is 0 Å². The van der Waals surface area contributed by atoms with Crippen molar-refractivity contribution in [2.24, 2.45) is 0 Å². The molecule has 1 atom stereocenters. The second-order valence-electron chi connectivity index (χ2n) is 4.79. The van der Waals surface area contributed by atoms with Gasteiger partial charge in [-0.1, -0.05) is 36.4 Å². The summed E-state index contributed by atoms with van der Waals surface area (Å²) in [6.07, 6.45) is 0.470. The van der Waals surface area contributed by atoms with Gasteiger partial charge >= 0.3 is 5.97 Å². The van der Waals surface area contributed by atoms with Crippen LogP contribution in [0.3, 0.4) is 0 Å². The molecule has 0 bridgehead atoms. The van der Waals surface area contributed by atoms with E-state index >= 15 is 0 Å². The fourth-order valence-electron chi connectivity index (χ4n) is 2.14. The second kappa shape index (κ2) is 9.33. The first-order chi connectivity index (χ1) is 12.0. The molecule has 1 N–H and O–H groups in total. The van der Waals surface area contributed by atoms with E-state index in [-0.39, 0.29) is 3.06 Å². The maximum absolute atomic E-state index is 11.7. The van der Waals surface area contributed by atoms with Gasteiger partial charge in [0.2, 0.25) is 6.41 Å². The minimum absolute atomic E-state index is 0.265. The summed E-state index contributed by atoms with van der Waals surface area (Å²) in [4.78, 5) is 32.2. The van der Waals surface area contributed by atoms with Crippen LogP contribution in [0.15, 0.2) is 48.5 Å². The topological polar surface area (TPSA) is 73.9 Å². The zero-order valence-electron chi connectivity index (χ0n) is 13.1. The SMILES string of the molecule is COC(=O)C(NC=O)c1ccc(-c2ccc(OOC(=S)I)cc2)cc1. The van der Waals surface area contributed by atoms with Crippen LogP contribution in [0.1, 0.15) is 11.6 Å². The zero-order chi connectivity index (χ0) is 18.2. The average Bonchev–Trinajstić information content (AvgIpc) is 2.64. The number of methoxy groups -OCH3 is 1. The average molecular weight is 471 g/mol. The molecule has 0 heterocycles. The van der Waals surface area contributed by atoms with Gasteiger partial charge < -0.3 is 10.1 Å². The van der Waals surface area contributed by atoms with Crippen LogP contribution in [-0.4, -0.2) is 22.5 Å². The van der Waals surface area contributed by atoms with Crippen LogP contribution in [0, 0.1) is 0 Å². The fraction of sp³-hybridized carbons (Fsp3) is 0.118. The van der Waals surface area contributed by atoms with Gasteiger partial charge in [-0.05, 0) is 41.0 Å². The lowest BCUT2D eigenvalue weighted by Crippen LogP contribution is -2.28. The Morgan fingerprint density at radius 1 is 1.12 bits per heavy atom. The smallest absolute Gasteiger partial charge is 0.333 e. The molecule has 1 unspecified atom stereocenters. The molecule has 0 spiro atoms. The van der Waals surface area contributed by atoms with Gasteiger partial charge in [0.25, 0.3) is 3.06 Å². The van der Waals surface area contributed by atoms with Crippen molar-refractivity contribution < 1.29 is 24.1 Å². The lowest BCUT2D eigenvalue weighted by molar-refractivity contribution is -0.144. The first-order valence-corrected chi connectivity index (χ1v) is 8.55. The highest BCUT2D eigenvalue weighted by Gasteiger charge is 2.20. The molecule has 0 saturated carbocycles. The Balaban J connectivity index is 2.14. The Morgan fingerprint density at radius 3 is 2.16 bits per heavy atom. The maximum Gasteiger partial charge on any atom is 0.333 e. The second-order valence-corrected chi connectivity index (χ2v) is 6.87. The summed E-state index contributed by atoms with van der Waals surface area (Å²) >= 11 is 6.59. The van der Waals surface area contributed by atoms with Crippen LogP contribution in [0.2, 0.25) is 0 Å². The number of esters is 1. The standard InChI is InChI=1S/C17H14INO5S/c1-22-16(21)15(19-10-20)13-4-2-11(3-5-13)12-6-8-14(9-7-12)23-24-17(18)25/h2-10,15H,1H3,(H,19,20). The normalized spacial score (nSPS) is 11.1. The third kappa shape index (κ3) is 5.40. The lowest BCUT2D eigenvalue weighted by atomic mass is 10.0. The van der Waals surface area contributed by atoms with Crippen molar-refractivity contribution in [1.29, 1.82) is 0 Å². The molecule has 0 aromatic heterocycles. The molecule has 2 rings (SSSR count). The highest BCUT2D eigenvalue weighted by molar-refractivity contribution is 14.1. The predicted octanol–water partition coefficient (Wildman–Crippen LogP) is 3.34. The third-order valence-corrected chi connectivity index (χ3v) is 3.55. The van der Waals surface area contributed by atoms with Crippen LogP contribution in [-0.2, 0) is 19.2 Å². The monoisotopic (exact) mass is 471 g/mol. The minimum Gasteiger partial charge on any atom is -0.467 e. The number of hydrogen-bond acceptors (Lipinski definition) is 6. The molecular formula is C17H14INO5S. The van der Waals surface area contributed by atoms with Crippen LogP contribution in [0.4, 0.5) is 0 Å². The maximum atomic E-state index is 11.7. The summed E-state index contributed by atoms with van der Waals surface area (Å²) in [5.41, 5.74) is 2.52. The lowest BCUT2D eigenvalue weighted by Gasteiger charge is -2.14. The van der Waals surface area contributed by atoms with Crippen LogP contribution < -0.4 is 10.2 Å². The number of nitrogens with one attached hydrogen (secondary N) is 1. The predicted molar refractivity (Wildman–Crippen MR) is 104 cm³/mol. The number of carbonyl (C=O) groups excluding carboxylic acids is 2. The third-order valence-electron chi connectivity index (χ3n) is 3.31. The van der Waals surface area contributed by atoms with Crippen LogP contribution in [0.5, 0.6) is 5.75 Å². The van der Waals surface area contributed by atoms with Crippen molar-refractivity contribution in [3.8, 4) is 16.9 Å². The summed E-state index contributed by atoms with van der Waals surface area (Å²) in [5.74, 6) is -0.00477. The summed E-state index contributed by atoms with van der Waals surface area (Å²) < 4.78 is 4.96. The number of hydrogen-bond donors (Lipinski definition) is 1. The first kappa shape index (κ1) is 19.1. The number of thiocarbonyl (C=S) groups is 1. The first-order valence-electron chi connectivity index (χ1n) is 7.07. The molecule has 1 amide bonds. The van der Waals surface area contributed by atoms with Crippen molar-refractivity contribution >= 4 is 50.2 Å². The van der Waals surface area contributed by atoms with E-state index in [1.807, 2.05) is 46.9 Å². The molecular weight excluding hydrogens is 457 g/mol. The van der Waals surface area contributed by atoms with Gasteiger partial charge in [-0.2, -0.15) is 0 Å². The van der Waals surface area contributed by atoms with Gasteiger partial charge in [0.15, 0.2) is 11.8 Å². The van der Waals surface area contributed by atoms with Crippen molar-refractivity contribution in [3.63, 3.8) is 0 Å². The minimum atomic E-state index is -0.832. The number of carbonyl (C=O) groups is 2. The molecule has 0 aliphatic rings. The van der Waals surface area contributed by atoms with Crippen molar-refractivity contribution in [2.45, 2.75) is 6.04 Å². The van der Waals surface area contributed by atoms with E-state index in [2.05, 4.69) is 5.32 Å². The number of rotatable bonds is 7. The molecule has 0 aliphatic heterocycles. The Kier molecular flexibility index (Phi) is 7.14. The molecule has 0 radical (unpaired) electrons. The largest absolute Gasteiger partial charge is 0.467 e. The van der Waals surface area contributed by atoms with Crippen molar-refractivity contribution in [3.05, 3.63) is 54.1 Å². The zero-order valence-corrected chi connectivity index (χ0v) is 16.1. The molecule has 2 aromatic rings. The summed E-state index contributed by atoms with van der Waals surface area (Å²) in [6, 6.07) is 13.6. The van der Waals surface area contributed by atoms with E-state index in [1.54, 1.807) is 24.3 Å². The Morgan fingerprint density at radius 2 is 1.68 bits per heavy atom. The van der Waals surface area contributed by atoms with Gasteiger partial charge in [-0.25, -0.2) is 4.79 Å². The number of amides is 1. The summed E-state index contributed by atoms with van der Waals surface area (Å²) in [5, 5.41) is 2.44. The summed E-state index contributed by atoms with van der Waals surface area (Å²) in [7, 11) is 1.27. The fourth-order valence-corrected chi connectivity index (χ4v) is 2.26. The molecule has 6 nitrogen and oxygen atoms in total. The van der Waals surface area contributed by atoms with Gasteiger partial charge in [0, 0.05) is 22.6 Å². The van der Waals surface area contributed by atoms with E-state index in [1.165, 1.54) is 7.11 Å². The Hall–Kier alpha value is -2.20. The van der Waals surface area contributed by atoms with Crippen LogP contribution >= 0.6 is 34.8 Å². The van der Waals surface area contributed by atoms with E-state index in [4.69, 9.17) is 26.7 Å². The molecule has 2 aromatic carbocycles. The van der Waals surface area contributed by atoms with E-state index in [0.29, 0.717) is 17.7 Å². The molecule has 130 valence electrons. The van der Waals surface area contributed by atoms with Crippen molar-refractivity contribution in [1.82, 2.24) is 5.32 Å². The van der Waals surface area contributed by atoms with Gasteiger partial charge in [0.05, 0.1) is 7.11 Å². The van der Waals surface area contributed by atoms with E-state index < -0.39 is 12.0 Å². The highest BCUT2D eigenvalue weighted by Crippen LogP contribution is 2.25. The molecule has 0 fully saturated rings. The molecule has 0 saturated heterocycles. The molecule has 25 heavy (non-hydrogen) atoms. The van der Waals surface area contributed by atoms with E-state index in [9.17, 15) is 9.59 Å². The quantitative estimate of drug-likeness (QED) is 0.127. The number of ether oxygens (including phenoxy) is 1. The van der Waals surface area contributed by atoms with E-state index in [0.717, 1.165) is 11.1 Å². The Bertz CT molecular complexity index is 749. The number of benzene rings is 2. The van der Waals surface area contributed by atoms with Crippen molar-refractivity contribution in [2.75, 3.05) is 7.11 Å². The summed E-state index contributed by atoms with van der Waals surface area (Å²) in [6.45, 7) is 0. The van der Waals surface area contributed by atoms with Crippen LogP contribution in [0.25, 0.3) is 11.1 Å². The highest BCUT2D eigenvalue weighted by atomic mass is 127. The van der Waals surface area contributed by atoms with Gasteiger partial charge in [-0.15, -0.1) is 0 Å². The number of halogens is 1. The molecule has 8 heteroatoms. The Labute approximate surface area is 163 Å². The molecule has 0 aliphatic carbocycles.